The molecule has 0 bridgehead atoms. The van der Waals surface area contributed by atoms with Crippen molar-refractivity contribution in [1.29, 1.82) is 0 Å². The molecule has 0 saturated heterocycles. The largest absolute Gasteiger partial charge is 0.368 e. The third-order valence-electron chi connectivity index (χ3n) is 1.86. The summed E-state index contributed by atoms with van der Waals surface area (Å²) >= 11 is 0. The van der Waals surface area contributed by atoms with E-state index >= 15 is 0 Å². The molecule has 0 aliphatic carbocycles. The molecule has 0 aliphatic heterocycles. The molecular weight excluding hydrogens is 128 g/mol. The highest BCUT2D eigenvalue weighted by molar-refractivity contribution is 4.50. The Morgan fingerprint density at radius 1 is 1.20 bits per heavy atom. The van der Waals surface area contributed by atoms with E-state index in [-0.39, 0.29) is 0 Å². The minimum atomic E-state index is -1.11. The average molecular weight is 146 g/mol. The molecule has 0 amide bonds. The smallest absolute Gasteiger partial charge is 0.151 e. The van der Waals surface area contributed by atoms with Crippen molar-refractivity contribution in [3.8, 4) is 0 Å². The zero-order chi connectivity index (χ0) is 7.98. The zero-order valence-corrected chi connectivity index (χ0v) is 6.88. The van der Waals surface area contributed by atoms with Crippen LogP contribution in [0.15, 0.2) is 0 Å². The summed E-state index contributed by atoms with van der Waals surface area (Å²) in [6.07, 6.45) is 2.62. The van der Waals surface area contributed by atoms with E-state index < -0.39 is 6.29 Å². The van der Waals surface area contributed by atoms with Crippen LogP contribution < -0.4 is 0 Å². The molecule has 0 aromatic carbocycles. The van der Waals surface area contributed by atoms with Crippen LogP contribution in [0.25, 0.3) is 0 Å². The van der Waals surface area contributed by atoms with Gasteiger partial charge < -0.3 is 10.2 Å². The summed E-state index contributed by atoms with van der Waals surface area (Å²) in [7, 11) is 0. The van der Waals surface area contributed by atoms with Gasteiger partial charge in [-0.25, -0.2) is 0 Å². The molecule has 0 rings (SSSR count). The molecular formula is C8H18O2. The van der Waals surface area contributed by atoms with Crippen LogP contribution in [0, 0.1) is 5.92 Å². The third kappa shape index (κ3) is 6.05. The van der Waals surface area contributed by atoms with Gasteiger partial charge in [0.15, 0.2) is 6.29 Å². The quantitative estimate of drug-likeness (QED) is 0.577. The summed E-state index contributed by atoms with van der Waals surface area (Å²) in [6.45, 7) is 4.34. The summed E-state index contributed by atoms with van der Waals surface area (Å²) in [4.78, 5) is 0. The van der Waals surface area contributed by atoms with Gasteiger partial charge in [0.25, 0.3) is 0 Å². The highest BCUT2D eigenvalue weighted by Crippen LogP contribution is 2.11. The van der Waals surface area contributed by atoms with Crippen molar-refractivity contribution in [3.63, 3.8) is 0 Å². The molecule has 0 spiro atoms. The average Bonchev–Trinajstić information content (AvgIpc) is 1.87. The Morgan fingerprint density at radius 2 is 1.80 bits per heavy atom. The molecule has 2 heteroatoms. The molecule has 2 nitrogen and oxygen atoms in total. The van der Waals surface area contributed by atoms with Crippen molar-refractivity contribution in [2.75, 3.05) is 0 Å². The molecule has 62 valence electrons. The predicted molar refractivity (Wildman–Crippen MR) is 41.5 cm³/mol. The second-order valence-corrected chi connectivity index (χ2v) is 2.92. The molecule has 0 aromatic heterocycles. The van der Waals surface area contributed by atoms with Gasteiger partial charge in [-0.05, 0) is 18.8 Å². The Morgan fingerprint density at radius 3 is 2.20 bits per heavy atom. The standard InChI is InChI=1S/C8H18O2/c1-3-7(2)5-4-6-8(9)10/h7-10H,3-6H2,1-2H3. The van der Waals surface area contributed by atoms with E-state index in [0.717, 1.165) is 18.8 Å². The first-order valence-electron chi connectivity index (χ1n) is 4.03. The summed E-state index contributed by atoms with van der Waals surface area (Å²) < 4.78 is 0. The Labute approximate surface area is 62.9 Å². The van der Waals surface area contributed by atoms with Crippen molar-refractivity contribution in [2.45, 2.75) is 45.8 Å². The van der Waals surface area contributed by atoms with Gasteiger partial charge in [0.1, 0.15) is 0 Å². The van der Waals surface area contributed by atoms with Crippen molar-refractivity contribution < 1.29 is 10.2 Å². The molecule has 0 radical (unpaired) electrons. The summed E-state index contributed by atoms with van der Waals surface area (Å²) in [6, 6.07) is 0. The van der Waals surface area contributed by atoms with E-state index in [9.17, 15) is 0 Å². The normalized spacial score (nSPS) is 14.1. The Bertz CT molecular complexity index is 71.7. The zero-order valence-electron chi connectivity index (χ0n) is 6.88. The first-order valence-corrected chi connectivity index (χ1v) is 4.03. The highest BCUT2D eigenvalue weighted by Gasteiger charge is 2.00. The number of hydrogen-bond donors (Lipinski definition) is 2. The Hall–Kier alpha value is -0.0800. The fourth-order valence-electron chi connectivity index (χ4n) is 0.853. The second kappa shape index (κ2) is 5.69. The number of hydrogen-bond acceptors (Lipinski definition) is 2. The fourth-order valence-corrected chi connectivity index (χ4v) is 0.853. The van der Waals surface area contributed by atoms with E-state index in [1.165, 1.54) is 6.42 Å². The molecule has 0 fully saturated rings. The van der Waals surface area contributed by atoms with Gasteiger partial charge in [-0.2, -0.15) is 0 Å². The molecule has 10 heavy (non-hydrogen) atoms. The molecule has 1 unspecified atom stereocenters. The first kappa shape index (κ1) is 9.92. The van der Waals surface area contributed by atoms with E-state index in [4.69, 9.17) is 10.2 Å². The minimum absolute atomic E-state index is 0.518. The van der Waals surface area contributed by atoms with Crippen LogP contribution in [0.4, 0.5) is 0 Å². The van der Waals surface area contributed by atoms with Crippen LogP contribution in [0.5, 0.6) is 0 Å². The van der Waals surface area contributed by atoms with Gasteiger partial charge in [0.2, 0.25) is 0 Å². The summed E-state index contributed by atoms with van der Waals surface area (Å²) in [5.41, 5.74) is 0. The number of rotatable bonds is 5. The van der Waals surface area contributed by atoms with Gasteiger partial charge in [-0.15, -0.1) is 0 Å². The first-order chi connectivity index (χ1) is 4.66. The maximum Gasteiger partial charge on any atom is 0.151 e. The fraction of sp³-hybridized carbons (Fsp3) is 1.00. The van der Waals surface area contributed by atoms with Crippen LogP contribution in [0.2, 0.25) is 0 Å². The van der Waals surface area contributed by atoms with Crippen molar-refractivity contribution in [3.05, 3.63) is 0 Å². The molecule has 2 N–H and O–H groups in total. The molecule has 0 saturated carbocycles. The Balaban J connectivity index is 3.03. The minimum Gasteiger partial charge on any atom is -0.368 e. The third-order valence-corrected chi connectivity index (χ3v) is 1.86. The van der Waals surface area contributed by atoms with Gasteiger partial charge >= 0.3 is 0 Å². The molecule has 0 heterocycles. The van der Waals surface area contributed by atoms with Crippen LogP contribution >= 0.6 is 0 Å². The van der Waals surface area contributed by atoms with Crippen molar-refractivity contribution >= 4 is 0 Å². The van der Waals surface area contributed by atoms with E-state index in [0.29, 0.717) is 6.42 Å². The molecule has 0 aromatic rings. The van der Waals surface area contributed by atoms with Crippen LogP contribution in [-0.2, 0) is 0 Å². The van der Waals surface area contributed by atoms with Crippen LogP contribution in [-0.4, -0.2) is 16.5 Å². The highest BCUT2D eigenvalue weighted by atomic mass is 16.5. The lowest BCUT2D eigenvalue weighted by Gasteiger charge is -2.07. The molecule has 0 aliphatic rings. The van der Waals surface area contributed by atoms with Gasteiger partial charge in [0.05, 0.1) is 0 Å². The van der Waals surface area contributed by atoms with Gasteiger partial charge in [-0.3, -0.25) is 0 Å². The van der Waals surface area contributed by atoms with Gasteiger partial charge in [-0.1, -0.05) is 26.7 Å². The lowest BCUT2D eigenvalue weighted by atomic mass is 10.0. The second-order valence-electron chi connectivity index (χ2n) is 2.92. The van der Waals surface area contributed by atoms with E-state index in [1.54, 1.807) is 0 Å². The topological polar surface area (TPSA) is 40.5 Å². The maximum atomic E-state index is 8.49. The number of aliphatic hydroxyl groups is 2. The SMILES string of the molecule is CCC(C)CCCC(O)O. The molecule has 1 atom stereocenters. The lowest BCUT2D eigenvalue weighted by molar-refractivity contribution is -0.0470. The summed E-state index contributed by atoms with van der Waals surface area (Å²) in [5.74, 6) is 0.721. The monoisotopic (exact) mass is 146 g/mol. The lowest BCUT2D eigenvalue weighted by Crippen LogP contribution is -2.04. The van der Waals surface area contributed by atoms with E-state index in [1.807, 2.05) is 0 Å². The Kier molecular flexibility index (Phi) is 5.64. The van der Waals surface area contributed by atoms with Gasteiger partial charge in [0, 0.05) is 0 Å². The maximum absolute atomic E-state index is 8.49. The summed E-state index contributed by atoms with van der Waals surface area (Å²) in [5, 5.41) is 17.0. The van der Waals surface area contributed by atoms with Crippen molar-refractivity contribution in [2.24, 2.45) is 5.92 Å². The van der Waals surface area contributed by atoms with Crippen molar-refractivity contribution in [1.82, 2.24) is 0 Å². The number of aliphatic hydroxyl groups excluding tert-OH is 1. The van der Waals surface area contributed by atoms with Crippen LogP contribution in [0.1, 0.15) is 39.5 Å². The van der Waals surface area contributed by atoms with Crippen LogP contribution in [0.3, 0.4) is 0 Å². The predicted octanol–water partition coefficient (Wildman–Crippen LogP) is 1.51. The van der Waals surface area contributed by atoms with E-state index in [2.05, 4.69) is 13.8 Å².